The zero-order chi connectivity index (χ0) is 11.1. The second-order valence-corrected chi connectivity index (χ2v) is 4.36. The number of aryl methyl sites for hydroxylation is 1. The number of fused-ring (bicyclic) bond motifs is 1. The van der Waals surface area contributed by atoms with E-state index in [0.29, 0.717) is 5.82 Å². The summed E-state index contributed by atoms with van der Waals surface area (Å²) in [6.45, 7) is 2.03. The number of carbonyl (C=O) groups is 1. The second kappa shape index (κ2) is 3.33. The Morgan fingerprint density at radius 3 is 3.00 bits per heavy atom. The van der Waals surface area contributed by atoms with Crippen LogP contribution < -0.4 is 5.32 Å². The molecule has 1 saturated carbocycles. The third-order valence-electron chi connectivity index (χ3n) is 2.80. The van der Waals surface area contributed by atoms with E-state index < -0.39 is 0 Å². The molecule has 1 aliphatic carbocycles. The highest BCUT2D eigenvalue weighted by atomic mass is 16.2. The van der Waals surface area contributed by atoms with Crippen LogP contribution in [0.1, 0.15) is 18.4 Å². The molecule has 82 valence electrons. The number of hydrogen-bond acceptors (Lipinski definition) is 2. The van der Waals surface area contributed by atoms with Gasteiger partial charge >= 0.3 is 0 Å². The number of pyridine rings is 1. The molecule has 2 aromatic rings. The molecule has 16 heavy (non-hydrogen) atoms. The van der Waals surface area contributed by atoms with Gasteiger partial charge in [0.2, 0.25) is 5.91 Å². The Labute approximate surface area is 93.3 Å². The van der Waals surface area contributed by atoms with Crippen molar-refractivity contribution in [1.29, 1.82) is 0 Å². The van der Waals surface area contributed by atoms with Crippen LogP contribution in [0.5, 0.6) is 0 Å². The molecule has 0 saturated heterocycles. The summed E-state index contributed by atoms with van der Waals surface area (Å²) in [6.07, 6.45) is 5.87. The molecular formula is C12H13N3O. The van der Waals surface area contributed by atoms with Crippen LogP contribution in [0.4, 0.5) is 5.82 Å². The van der Waals surface area contributed by atoms with Gasteiger partial charge in [0.1, 0.15) is 5.65 Å². The molecule has 4 nitrogen and oxygen atoms in total. The average Bonchev–Trinajstić information content (AvgIpc) is 3.00. The highest BCUT2D eigenvalue weighted by Crippen LogP contribution is 2.30. The number of nitrogens with zero attached hydrogens (tertiary/aromatic N) is 2. The molecule has 0 unspecified atom stereocenters. The molecule has 1 fully saturated rings. The Balaban J connectivity index is 1.89. The van der Waals surface area contributed by atoms with Crippen LogP contribution in [0.15, 0.2) is 24.5 Å². The fourth-order valence-electron chi connectivity index (χ4n) is 1.74. The number of nitrogens with one attached hydrogen (secondary N) is 1. The summed E-state index contributed by atoms with van der Waals surface area (Å²) >= 11 is 0. The van der Waals surface area contributed by atoms with Crippen LogP contribution in [-0.2, 0) is 4.79 Å². The zero-order valence-corrected chi connectivity index (χ0v) is 9.10. The first-order valence-corrected chi connectivity index (χ1v) is 5.48. The molecule has 1 N–H and O–H groups in total. The molecule has 4 heteroatoms. The third kappa shape index (κ3) is 1.66. The summed E-state index contributed by atoms with van der Waals surface area (Å²) in [4.78, 5) is 15.9. The van der Waals surface area contributed by atoms with Gasteiger partial charge in [-0.05, 0) is 31.4 Å². The first-order valence-electron chi connectivity index (χ1n) is 5.48. The Morgan fingerprint density at radius 1 is 1.44 bits per heavy atom. The van der Waals surface area contributed by atoms with Crippen molar-refractivity contribution in [3.63, 3.8) is 0 Å². The third-order valence-corrected chi connectivity index (χ3v) is 2.80. The minimum Gasteiger partial charge on any atom is -0.309 e. The second-order valence-electron chi connectivity index (χ2n) is 4.36. The van der Waals surface area contributed by atoms with Crippen molar-refractivity contribution in [2.24, 2.45) is 5.92 Å². The minimum atomic E-state index is 0.0973. The molecular weight excluding hydrogens is 202 g/mol. The van der Waals surface area contributed by atoms with Gasteiger partial charge in [0, 0.05) is 12.1 Å². The molecule has 0 radical (unpaired) electrons. The quantitative estimate of drug-likeness (QED) is 0.832. The number of carbonyl (C=O) groups excluding carboxylic acids is 1. The van der Waals surface area contributed by atoms with E-state index in [-0.39, 0.29) is 11.8 Å². The molecule has 0 aliphatic heterocycles. The average molecular weight is 215 g/mol. The van der Waals surface area contributed by atoms with Crippen molar-refractivity contribution < 1.29 is 4.79 Å². The number of anilines is 1. The maximum absolute atomic E-state index is 11.6. The first kappa shape index (κ1) is 9.39. The van der Waals surface area contributed by atoms with Gasteiger partial charge in [0.25, 0.3) is 0 Å². The number of imidazole rings is 1. The Morgan fingerprint density at radius 2 is 2.25 bits per heavy atom. The highest BCUT2D eigenvalue weighted by Gasteiger charge is 2.29. The van der Waals surface area contributed by atoms with Crippen molar-refractivity contribution in [1.82, 2.24) is 9.38 Å². The van der Waals surface area contributed by atoms with E-state index in [4.69, 9.17) is 0 Å². The Bertz CT molecular complexity index is 554. The van der Waals surface area contributed by atoms with E-state index in [1.807, 2.05) is 35.9 Å². The van der Waals surface area contributed by atoms with Crippen LogP contribution in [0.3, 0.4) is 0 Å². The van der Waals surface area contributed by atoms with Gasteiger partial charge in [-0.2, -0.15) is 0 Å². The molecule has 2 heterocycles. The van der Waals surface area contributed by atoms with E-state index in [9.17, 15) is 4.79 Å². The maximum atomic E-state index is 11.6. The lowest BCUT2D eigenvalue weighted by Crippen LogP contribution is -2.13. The molecule has 2 aromatic heterocycles. The van der Waals surface area contributed by atoms with Crippen molar-refractivity contribution in [3.8, 4) is 0 Å². The normalized spacial score (nSPS) is 15.3. The Hall–Kier alpha value is -1.84. The number of hydrogen-bond donors (Lipinski definition) is 1. The monoisotopic (exact) mass is 215 g/mol. The van der Waals surface area contributed by atoms with Crippen LogP contribution in [0.2, 0.25) is 0 Å². The lowest BCUT2D eigenvalue weighted by atomic mass is 10.3. The van der Waals surface area contributed by atoms with Crippen LogP contribution in [0.25, 0.3) is 5.65 Å². The zero-order valence-electron chi connectivity index (χ0n) is 9.10. The SMILES string of the molecule is Cc1ccc2nc(NC(=O)C3CC3)cn2c1. The topological polar surface area (TPSA) is 46.4 Å². The van der Waals surface area contributed by atoms with Crippen molar-refractivity contribution in [2.75, 3.05) is 5.32 Å². The first-order chi connectivity index (χ1) is 7.72. The van der Waals surface area contributed by atoms with E-state index >= 15 is 0 Å². The number of aromatic nitrogens is 2. The van der Waals surface area contributed by atoms with Gasteiger partial charge in [-0.3, -0.25) is 4.79 Å². The molecule has 0 bridgehead atoms. The maximum Gasteiger partial charge on any atom is 0.228 e. The van der Waals surface area contributed by atoms with E-state index in [1.54, 1.807) is 0 Å². The lowest BCUT2D eigenvalue weighted by molar-refractivity contribution is -0.117. The van der Waals surface area contributed by atoms with Gasteiger partial charge in [-0.15, -0.1) is 0 Å². The lowest BCUT2D eigenvalue weighted by Gasteiger charge is -1.97. The van der Waals surface area contributed by atoms with Crippen LogP contribution >= 0.6 is 0 Å². The number of amides is 1. The molecule has 1 amide bonds. The summed E-state index contributed by atoms with van der Waals surface area (Å²) in [5.41, 5.74) is 2.03. The van der Waals surface area contributed by atoms with Crippen LogP contribution in [-0.4, -0.2) is 15.3 Å². The van der Waals surface area contributed by atoms with Gasteiger partial charge in [0.05, 0.1) is 6.20 Å². The minimum absolute atomic E-state index is 0.0973. The van der Waals surface area contributed by atoms with Gasteiger partial charge in [-0.1, -0.05) is 6.07 Å². The summed E-state index contributed by atoms with van der Waals surface area (Å²) in [5, 5.41) is 2.84. The fourth-order valence-corrected chi connectivity index (χ4v) is 1.74. The predicted octanol–water partition coefficient (Wildman–Crippen LogP) is 1.99. The molecule has 0 spiro atoms. The molecule has 0 aromatic carbocycles. The standard InChI is InChI=1S/C12H13N3O/c1-8-2-5-11-13-10(7-15(11)6-8)14-12(16)9-3-4-9/h2,5-7,9H,3-4H2,1H3,(H,14,16). The van der Waals surface area contributed by atoms with E-state index in [0.717, 1.165) is 18.5 Å². The smallest absolute Gasteiger partial charge is 0.228 e. The van der Waals surface area contributed by atoms with E-state index in [1.165, 1.54) is 5.56 Å². The Kier molecular flexibility index (Phi) is 1.96. The van der Waals surface area contributed by atoms with Crippen molar-refractivity contribution in [2.45, 2.75) is 19.8 Å². The summed E-state index contributed by atoms with van der Waals surface area (Å²) in [7, 11) is 0. The van der Waals surface area contributed by atoms with Crippen LogP contribution in [0, 0.1) is 12.8 Å². The summed E-state index contributed by atoms with van der Waals surface area (Å²) in [6, 6.07) is 3.96. The van der Waals surface area contributed by atoms with Crippen molar-refractivity contribution in [3.05, 3.63) is 30.1 Å². The van der Waals surface area contributed by atoms with Gasteiger partial charge in [-0.25, -0.2) is 4.98 Å². The highest BCUT2D eigenvalue weighted by molar-refractivity contribution is 5.93. The van der Waals surface area contributed by atoms with Gasteiger partial charge < -0.3 is 9.72 Å². The number of rotatable bonds is 2. The largest absolute Gasteiger partial charge is 0.309 e. The van der Waals surface area contributed by atoms with E-state index in [2.05, 4.69) is 10.3 Å². The molecule has 0 atom stereocenters. The van der Waals surface area contributed by atoms with Crippen molar-refractivity contribution >= 4 is 17.4 Å². The summed E-state index contributed by atoms with van der Waals surface area (Å²) < 4.78 is 1.93. The fraction of sp³-hybridized carbons (Fsp3) is 0.333. The molecule has 1 aliphatic rings. The predicted molar refractivity (Wildman–Crippen MR) is 61.3 cm³/mol. The summed E-state index contributed by atoms with van der Waals surface area (Å²) in [5.74, 6) is 0.953. The molecule has 3 rings (SSSR count). The van der Waals surface area contributed by atoms with Gasteiger partial charge in [0.15, 0.2) is 5.82 Å².